The average Bonchev–Trinajstić information content (AvgIpc) is 2.87. The molecule has 4 aromatic rings. The maximum absolute atomic E-state index is 15.1. The summed E-state index contributed by atoms with van der Waals surface area (Å²) in [5.41, 5.74) is 5.68. The smallest absolute Gasteiger partial charge is 0.146 e. The fraction of sp³-hybridized carbons (Fsp3) is 0.152. The molecular formula is C33H27F. The van der Waals surface area contributed by atoms with Crippen molar-refractivity contribution in [2.75, 3.05) is 0 Å². The van der Waals surface area contributed by atoms with Crippen molar-refractivity contribution in [3.8, 4) is 23.7 Å². The van der Waals surface area contributed by atoms with Crippen LogP contribution in [0.2, 0.25) is 0 Å². The minimum atomic E-state index is -0.290. The largest absolute Gasteiger partial charge is 0.205 e. The number of rotatable bonds is 5. The van der Waals surface area contributed by atoms with Gasteiger partial charge in [-0.3, -0.25) is 0 Å². The van der Waals surface area contributed by atoms with Crippen LogP contribution in [0.5, 0.6) is 0 Å². The molecule has 0 spiro atoms. The maximum atomic E-state index is 15.1. The summed E-state index contributed by atoms with van der Waals surface area (Å²) in [6.07, 6.45) is 6.06. The number of hydrogen-bond acceptors (Lipinski definition) is 0. The normalized spacial score (nSPS) is 10.2. The molecule has 0 nitrogen and oxygen atoms in total. The molecule has 0 heterocycles. The average molecular weight is 443 g/mol. The second kappa shape index (κ2) is 11.2. The van der Waals surface area contributed by atoms with E-state index in [9.17, 15) is 0 Å². The van der Waals surface area contributed by atoms with Crippen LogP contribution in [0.4, 0.5) is 4.39 Å². The Morgan fingerprint density at radius 1 is 0.706 bits per heavy atom. The molecule has 0 radical (unpaired) electrons. The zero-order valence-electron chi connectivity index (χ0n) is 19.5. The van der Waals surface area contributed by atoms with Crippen LogP contribution in [0.3, 0.4) is 0 Å². The number of allylic oxidation sites excluding steroid dienone is 1. The van der Waals surface area contributed by atoms with Gasteiger partial charge in [0, 0.05) is 22.1 Å². The van der Waals surface area contributed by atoms with E-state index in [1.54, 1.807) is 12.1 Å². The molecule has 0 aliphatic rings. The molecule has 1 heteroatoms. The molecular weight excluding hydrogens is 415 g/mol. The summed E-state index contributed by atoms with van der Waals surface area (Å²) in [7, 11) is 0. The van der Waals surface area contributed by atoms with E-state index in [1.165, 1.54) is 11.1 Å². The van der Waals surface area contributed by atoms with Gasteiger partial charge in [-0.2, -0.15) is 0 Å². The SMILES string of the molecule is C=CCCc1ccc(C#Cc2ccc3c(F)c(C#Cc4ccc(CCC)cc4)ccc3c2)cc1. The summed E-state index contributed by atoms with van der Waals surface area (Å²) in [6.45, 7) is 5.93. The van der Waals surface area contributed by atoms with Crippen molar-refractivity contribution in [3.63, 3.8) is 0 Å². The third kappa shape index (κ3) is 5.83. The summed E-state index contributed by atoms with van der Waals surface area (Å²) >= 11 is 0. The Bertz CT molecular complexity index is 1420. The van der Waals surface area contributed by atoms with E-state index < -0.39 is 0 Å². The summed E-state index contributed by atoms with van der Waals surface area (Å²) in [6, 6.07) is 25.7. The highest BCUT2D eigenvalue weighted by Gasteiger charge is 2.06. The first kappa shape index (κ1) is 23.1. The number of aryl methyl sites for hydroxylation is 2. The van der Waals surface area contributed by atoms with Gasteiger partial charge < -0.3 is 0 Å². The van der Waals surface area contributed by atoms with Crippen molar-refractivity contribution in [2.24, 2.45) is 0 Å². The van der Waals surface area contributed by atoms with E-state index in [0.29, 0.717) is 10.9 Å². The first-order chi connectivity index (χ1) is 16.7. The van der Waals surface area contributed by atoms with Crippen LogP contribution in [0.15, 0.2) is 91.5 Å². The monoisotopic (exact) mass is 442 g/mol. The van der Waals surface area contributed by atoms with E-state index >= 15 is 4.39 Å². The Kier molecular flexibility index (Phi) is 7.60. The zero-order chi connectivity index (χ0) is 23.8. The molecule has 0 unspecified atom stereocenters. The van der Waals surface area contributed by atoms with Crippen LogP contribution >= 0.6 is 0 Å². The Morgan fingerprint density at radius 2 is 1.29 bits per heavy atom. The number of halogens is 1. The molecule has 4 aromatic carbocycles. The third-order valence-corrected chi connectivity index (χ3v) is 5.73. The van der Waals surface area contributed by atoms with Gasteiger partial charge in [0.05, 0.1) is 5.56 Å². The highest BCUT2D eigenvalue weighted by atomic mass is 19.1. The quantitative estimate of drug-likeness (QED) is 0.218. The van der Waals surface area contributed by atoms with Crippen LogP contribution in [0, 0.1) is 29.5 Å². The topological polar surface area (TPSA) is 0 Å². The second-order valence-corrected chi connectivity index (χ2v) is 8.33. The molecule has 0 bridgehead atoms. The standard InChI is InChI=1S/C33H27F/c1-3-5-7-26-10-14-27(15-11-26)16-17-29-19-23-32-31(24-29)22-21-30(33(32)34)20-18-28-12-8-25(6-4-2)9-13-28/h3,8-15,19,21-24H,1,4-7H2,2H3. The van der Waals surface area contributed by atoms with E-state index in [2.05, 4.69) is 61.4 Å². The molecule has 0 N–H and O–H groups in total. The lowest BCUT2D eigenvalue weighted by atomic mass is 10.0. The molecule has 0 aromatic heterocycles. The fourth-order valence-electron chi connectivity index (χ4n) is 3.82. The lowest BCUT2D eigenvalue weighted by molar-refractivity contribution is 0.636. The van der Waals surface area contributed by atoms with Crippen LogP contribution < -0.4 is 0 Å². The van der Waals surface area contributed by atoms with Gasteiger partial charge in [-0.25, -0.2) is 4.39 Å². The molecule has 166 valence electrons. The fourth-order valence-corrected chi connectivity index (χ4v) is 3.82. The number of hydrogen-bond donors (Lipinski definition) is 0. The van der Waals surface area contributed by atoms with Crippen molar-refractivity contribution < 1.29 is 4.39 Å². The maximum Gasteiger partial charge on any atom is 0.146 e. The Labute approximate surface area is 202 Å². The summed E-state index contributed by atoms with van der Waals surface area (Å²) in [5, 5.41) is 1.38. The van der Waals surface area contributed by atoms with Crippen LogP contribution in [0.1, 0.15) is 53.1 Å². The van der Waals surface area contributed by atoms with Gasteiger partial charge >= 0.3 is 0 Å². The minimum Gasteiger partial charge on any atom is -0.205 e. The molecule has 0 saturated heterocycles. The van der Waals surface area contributed by atoms with Gasteiger partial charge in [-0.05, 0) is 78.2 Å². The number of fused-ring (bicyclic) bond motifs is 1. The first-order valence-electron chi connectivity index (χ1n) is 11.7. The predicted octanol–water partition coefficient (Wildman–Crippen LogP) is 7.85. The molecule has 0 saturated carbocycles. The van der Waals surface area contributed by atoms with Crippen molar-refractivity contribution in [2.45, 2.75) is 32.6 Å². The molecule has 34 heavy (non-hydrogen) atoms. The van der Waals surface area contributed by atoms with E-state index in [1.807, 2.05) is 48.5 Å². The lowest BCUT2D eigenvalue weighted by Gasteiger charge is -2.03. The Balaban J connectivity index is 1.52. The summed E-state index contributed by atoms with van der Waals surface area (Å²) in [4.78, 5) is 0. The van der Waals surface area contributed by atoms with Crippen molar-refractivity contribution >= 4 is 10.8 Å². The van der Waals surface area contributed by atoms with Gasteiger partial charge in [0.2, 0.25) is 0 Å². The van der Waals surface area contributed by atoms with E-state index in [-0.39, 0.29) is 5.82 Å². The van der Waals surface area contributed by atoms with E-state index in [4.69, 9.17) is 0 Å². The molecule has 0 amide bonds. The van der Waals surface area contributed by atoms with Crippen molar-refractivity contribution in [1.82, 2.24) is 0 Å². The van der Waals surface area contributed by atoms with Gasteiger partial charge in [0.1, 0.15) is 5.82 Å². The van der Waals surface area contributed by atoms with Crippen LogP contribution in [0.25, 0.3) is 10.8 Å². The van der Waals surface area contributed by atoms with Crippen molar-refractivity contribution in [1.29, 1.82) is 0 Å². The highest BCUT2D eigenvalue weighted by molar-refractivity contribution is 5.86. The molecule has 0 atom stereocenters. The van der Waals surface area contributed by atoms with Crippen LogP contribution in [-0.2, 0) is 12.8 Å². The Morgan fingerprint density at radius 3 is 1.94 bits per heavy atom. The third-order valence-electron chi connectivity index (χ3n) is 5.73. The summed E-state index contributed by atoms with van der Waals surface area (Å²) in [5.74, 6) is 12.2. The zero-order valence-corrected chi connectivity index (χ0v) is 19.5. The van der Waals surface area contributed by atoms with Gasteiger partial charge in [0.15, 0.2) is 0 Å². The second-order valence-electron chi connectivity index (χ2n) is 8.33. The number of benzene rings is 4. The lowest BCUT2D eigenvalue weighted by Crippen LogP contribution is -1.88. The van der Waals surface area contributed by atoms with Gasteiger partial charge in [0.25, 0.3) is 0 Å². The molecule has 0 fully saturated rings. The molecule has 0 aliphatic carbocycles. The van der Waals surface area contributed by atoms with Crippen LogP contribution in [-0.4, -0.2) is 0 Å². The minimum absolute atomic E-state index is 0.290. The summed E-state index contributed by atoms with van der Waals surface area (Å²) < 4.78 is 15.1. The van der Waals surface area contributed by atoms with Crippen molar-refractivity contribution in [3.05, 3.63) is 131 Å². The van der Waals surface area contributed by atoms with Gasteiger partial charge in [-0.1, -0.05) is 79.5 Å². The highest BCUT2D eigenvalue weighted by Crippen LogP contribution is 2.22. The first-order valence-corrected chi connectivity index (χ1v) is 11.7. The molecule has 4 rings (SSSR count). The van der Waals surface area contributed by atoms with E-state index in [0.717, 1.165) is 47.8 Å². The molecule has 0 aliphatic heterocycles. The van der Waals surface area contributed by atoms with Gasteiger partial charge in [-0.15, -0.1) is 6.58 Å². The predicted molar refractivity (Wildman–Crippen MR) is 141 cm³/mol. The Hall–Kier alpha value is -4.07.